The van der Waals surface area contributed by atoms with Gasteiger partial charge in [0.25, 0.3) is 0 Å². The van der Waals surface area contributed by atoms with Crippen LogP contribution in [0.1, 0.15) is 46.0 Å². The first-order valence-corrected chi connectivity index (χ1v) is 7.55. The maximum atomic E-state index is 5.22. The third kappa shape index (κ3) is 7.11. The fourth-order valence-electron chi connectivity index (χ4n) is 2.48. The molecule has 0 amide bonds. The molecule has 0 saturated heterocycles. The van der Waals surface area contributed by atoms with Crippen molar-refractivity contribution < 1.29 is 4.74 Å². The number of halogens is 1. The minimum atomic E-state index is 0. The molecule has 0 atom stereocenters. The fourth-order valence-corrected chi connectivity index (χ4v) is 2.48. The van der Waals surface area contributed by atoms with Crippen molar-refractivity contribution in [3.05, 3.63) is 0 Å². The van der Waals surface area contributed by atoms with E-state index in [1.165, 1.54) is 25.7 Å². The first-order chi connectivity index (χ1) is 9.12. The number of guanidine groups is 1. The van der Waals surface area contributed by atoms with Gasteiger partial charge < -0.3 is 15.4 Å². The Morgan fingerprint density at radius 2 is 2.00 bits per heavy atom. The lowest BCUT2D eigenvalue weighted by atomic mass is 9.67. The molecule has 1 aliphatic carbocycles. The van der Waals surface area contributed by atoms with Crippen LogP contribution in [0.3, 0.4) is 0 Å². The molecule has 120 valence electrons. The SMILES string of the molecule is CN=C(NCCC(C)C)NCC1(CCOC)CCC1.I. The lowest BCUT2D eigenvalue weighted by Gasteiger charge is -2.42. The number of nitrogens with one attached hydrogen (secondary N) is 2. The zero-order valence-electron chi connectivity index (χ0n) is 13.5. The van der Waals surface area contributed by atoms with E-state index in [0.717, 1.165) is 38.0 Å². The number of aliphatic imine (C=N–C) groups is 1. The molecule has 0 aromatic rings. The van der Waals surface area contributed by atoms with Crippen molar-refractivity contribution in [3.8, 4) is 0 Å². The fraction of sp³-hybridized carbons (Fsp3) is 0.933. The second-order valence-electron chi connectivity index (χ2n) is 6.13. The third-order valence-corrected chi connectivity index (χ3v) is 4.12. The lowest BCUT2D eigenvalue weighted by Crippen LogP contribution is -2.47. The number of rotatable bonds is 8. The molecule has 1 aliphatic rings. The highest BCUT2D eigenvalue weighted by atomic mass is 127. The summed E-state index contributed by atoms with van der Waals surface area (Å²) in [4.78, 5) is 4.29. The van der Waals surface area contributed by atoms with Crippen LogP contribution in [-0.2, 0) is 4.74 Å². The van der Waals surface area contributed by atoms with Crippen molar-refractivity contribution in [2.75, 3.05) is 33.9 Å². The van der Waals surface area contributed by atoms with Crippen molar-refractivity contribution in [2.45, 2.75) is 46.0 Å². The Kier molecular flexibility index (Phi) is 10.6. The Bertz CT molecular complexity index is 278. The van der Waals surface area contributed by atoms with Gasteiger partial charge in [-0.3, -0.25) is 4.99 Å². The minimum absolute atomic E-state index is 0. The average molecular weight is 397 g/mol. The molecule has 2 N–H and O–H groups in total. The van der Waals surface area contributed by atoms with E-state index in [9.17, 15) is 0 Å². The van der Waals surface area contributed by atoms with Gasteiger partial charge in [0.2, 0.25) is 0 Å². The summed E-state index contributed by atoms with van der Waals surface area (Å²) in [6, 6.07) is 0. The molecule has 0 aromatic carbocycles. The zero-order chi connectivity index (χ0) is 14.1. The molecule has 1 rings (SSSR count). The highest BCUT2D eigenvalue weighted by Crippen LogP contribution is 2.43. The van der Waals surface area contributed by atoms with Gasteiger partial charge in [-0.1, -0.05) is 20.3 Å². The van der Waals surface area contributed by atoms with Crippen LogP contribution >= 0.6 is 24.0 Å². The van der Waals surface area contributed by atoms with Crippen LogP contribution in [0, 0.1) is 11.3 Å². The lowest BCUT2D eigenvalue weighted by molar-refractivity contribution is 0.0732. The van der Waals surface area contributed by atoms with Crippen LogP contribution in [0.15, 0.2) is 4.99 Å². The highest BCUT2D eigenvalue weighted by Gasteiger charge is 2.36. The Morgan fingerprint density at radius 3 is 2.45 bits per heavy atom. The van der Waals surface area contributed by atoms with Gasteiger partial charge in [0.15, 0.2) is 5.96 Å². The Hall–Kier alpha value is -0.0400. The maximum Gasteiger partial charge on any atom is 0.190 e. The van der Waals surface area contributed by atoms with E-state index in [1.807, 2.05) is 7.05 Å². The molecule has 5 heteroatoms. The van der Waals surface area contributed by atoms with E-state index >= 15 is 0 Å². The second kappa shape index (κ2) is 10.7. The van der Waals surface area contributed by atoms with E-state index in [0.29, 0.717) is 5.41 Å². The van der Waals surface area contributed by atoms with Gasteiger partial charge in [-0.05, 0) is 37.0 Å². The van der Waals surface area contributed by atoms with E-state index in [-0.39, 0.29) is 24.0 Å². The predicted molar refractivity (Wildman–Crippen MR) is 97.0 cm³/mol. The topological polar surface area (TPSA) is 45.7 Å². The minimum Gasteiger partial charge on any atom is -0.385 e. The summed E-state index contributed by atoms with van der Waals surface area (Å²) >= 11 is 0. The van der Waals surface area contributed by atoms with Crippen LogP contribution in [0.2, 0.25) is 0 Å². The number of methoxy groups -OCH3 is 1. The van der Waals surface area contributed by atoms with Gasteiger partial charge in [0, 0.05) is 33.9 Å². The summed E-state index contributed by atoms with van der Waals surface area (Å²) in [5, 5.41) is 6.86. The van der Waals surface area contributed by atoms with Crippen LogP contribution in [-0.4, -0.2) is 39.8 Å². The first kappa shape index (κ1) is 20.0. The van der Waals surface area contributed by atoms with Crippen LogP contribution in [0.25, 0.3) is 0 Å². The molecule has 0 bridgehead atoms. The predicted octanol–water partition coefficient (Wildman–Crippen LogP) is 3.02. The molecule has 4 nitrogen and oxygen atoms in total. The summed E-state index contributed by atoms with van der Waals surface area (Å²) in [7, 11) is 3.62. The molecule has 20 heavy (non-hydrogen) atoms. The van der Waals surface area contributed by atoms with Gasteiger partial charge in [-0.2, -0.15) is 0 Å². The van der Waals surface area contributed by atoms with Gasteiger partial charge >= 0.3 is 0 Å². The monoisotopic (exact) mass is 397 g/mol. The molecule has 0 radical (unpaired) electrons. The Labute approximate surface area is 141 Å². The summed E-state index contributed by atoms with van der Waals surface area (Å²) in [5.41, 5.74) is 0.436. The number of ether oxygens (including phenoxy) is 1. The van der Waals surface area contributed by atoms with Gasteiger partial charge in [0.05, 0.1) is 0 Å². The van der Waals surface area contributed by atoms with Crippen LogP contribution in [0.5, 0.6) is 0 Å². The van der Waals surface area contributed by atoms with Crippen molar-refractivity contribution in [3.63, 3.8) is 0 Å². The summed E-state index contributed by atoms with van der Waals surface area (Å²) in [6.07, 6.45) is 6.30. The van der Waals surface area contributed by atoms with Gasteiger partial charge in [-0.25, -0.2) is 0 Å². The molecular formula is C15H32IN3O. The van der Waals surface area contributed by atoms with E-state index in [4.69, 9.17) is 4.74 Å². The van der Waals surface area contributed by atoms with Gasteiger partial charge in [0.1, 0.15) is 0 Å². The second-order valence-corrected chi connectivity index (χ2v) is 6.13. The Morgan fingerprint density at radius 1 is 1.30 bits per heavy atom. The highest BCUT2D eigenvalue weighted by molar-refractivity contribution is 14.0. The number of hydrogen-bond acceptors (Lipinski definition) is 2. The molecule has 1 saturated carbocycles. The summed E-state index contributed by atoms with van der Waals surface area (Å²) < 4.78 is 5.22. The normalized spacial score (nSPS) is 17.4. The number of nitrogens with zero attached hydrogens (tertiary/aromatic N) is 1. The standard InChI is InChI=1S/C15H31N3O.HI/c1-13(2)6-10-17-14(16-3)18-12-15(7-5-8-15)9-11-19-4;/h13H,5-12H2,1-4H3,(H2,16,17,18);1H. The van der Waals surface area contributed by atoms with E-state index in [2.05, 4.69) is 29.5 Å². The van der Waals surface area contributed by atoms with E-state index < -0.39 is 0 Å². The quantitative estimate of drug-likeness (QED) is 0.376. The molecule has 0 heterocycles. The van der Waals surface area contributed by atoms with Gasteiger partial charge in [-0.15, -0.1) is 24.0 Å². The van der Waals surface area contributed by atoms with Crippen molar-refractivity contribution in [1.29, 1.82) is 0 Å². The van der Waals surface area contributed by atoms with E-state index in [1.54, 1.807) is 7.11 Å². The third-order valence-electron chi connectivity index (χ3n) is 4.12. The smallest absolute Gasteiger partial charge is 0.190 e. The summed E-state index contributed by atoms with van der Waals surface area (Å²) in [6.45, 7) is 7.35. The Balaban J connectivity index is 0.00000361. The molecule has 0 unspecified atom stereocenters. The molecule has 0 spiro atoms. The molecule has 1 fully saturated rings. The van der Waals surface area contributed by atoms with Crippen molar-refractivity contribution in [2.24, 2.45) is 16.3 Å². The first-order valence-electron chi connectivity index (χ1n) is 7.55. The molecular weight excluding hydrogens is 365 g/mol. The van der Waals surface area contributed by atoms with Crippen molar-refractivity contribution in [1.82, 2.24) is 10.6 Å². The maximum absolute atomic E-state index is 5.22. The summed E-state index contributed by atoms with van der Waals surface area (Å²) in [5.74, 6) is 1.66. The zero-order valence-corrected chi connectivity index (χ0v) is 15.8. The largest absolute Gasteiger partial charge is 0.385 e. The number of hydrogen-bond donors (Lipinski definition) is 2. The van der Waals surface area contributed by atoms with Crippen LogP contribution < -0.4 is 10.6 Å². The van der Waals surface area contributed by atoms with Crippen LogP contribution in [0.4, 0.5) is 0 Å². The molecule has 0 aliphatic heterocycles. The average Bonchev–Trinajstić information content (AvgIpc) is 2.34. The molecule has 0 aromatic heterocycles. The van der Waals surface area contributed by atoms with Crippen molar-refractivity contribution >= 4 is 29.9 Å².